The molecule has 8 nitrogen and oxygen atoms in total. The minimum absolute atomic E-state index is 0.0318. The van der Waals surface area contributed by atoms with Gasteiger partial charge < -0.3 is 35.0 Å². The second-order valence-corrected chi connectivity index (χ2v) is 7.94. The van der Waals surface area contributed by atoms with Crippen LogP contribution < -0.4 is 0 Å². The van der Waals surface area contributed by atoms with Gasteiger partial charge in [-0.3, -0.25) is 4.79 Å². The lowest BCUT2D eigenvalue weighted by atomic mass is 10.0. The normalized spacial score (nSPS) is 14.5. The molecule has 0 aliphatic rings. The number of hydrogen-bond donors (Lipinski definition) is 5. The quantitative estimate of drug-likeness (QED) is 0.122. The van der Waals surface area contributed by atoms with E-state index in [1.165, 1.54) is 38.5 Å². The van der Waals surface area contributed by atoms with E-state index in [2.05, 4.69) is 0 Å². The lowest BCUT2D eigenvalue weighted by molar-refractivity contribution is -0.178. The number of rotatable bonds is 23. The second kappa shape index (κ2) is 21.5. The third-order valence-corrected chi connectivity index (χ3v) is 4.95. The van der Waals surface area contributed by atoms with Crippen molar-refractivity contribution in [1.29, 1.82) is 0 Å². The fourth-order valence-corrected chi connectivity index (χ4v) is 3.11. The summed E-state index contributed by atoms with van der Waals surface area (Å²) >= 11 is 0. The maximum atomic E-state index is 10.4. The van der Waals surface area contributed by atoms with Crippen molar-refractivity contribution in [2.45, 2.75) is 108 Å². The van der Waals surface area contributed by atoms with Gasteiger partial charge in [0, 0.05) is 6.42 Å². The fourth-order valence-electron chi connectivity index (χ4n) is 3.11. The smallest absolute Gasteiger partial charge is 0.303 e. The van der Waals surface area contributed by atoms with E-state index in [0.717, 1.165) is 38.5 Å². The molecule has 0 aliphatic heterocycles. The number of carboxylic acids is 1. The molecule has 0 aromatic rings. The molecular formula is C22H44O8. The minimum Gasteiger partial charge on any atom is -0.481 e. The first-order valence-electron chi connectivity index (χ1n) is 11.5. The Morgan fingerprint density at radius 3 is 1.37 bits per heavy atom. The van der Waals surface area contributed by atoms with E-state index in [9.17, 15) is 15.0 Å². The van der Waals surface area contributed by atoms with Crippen LogP contribution in [0.3, 0.4) is 0 Å². The molecule has 0 bridgehead atoms. The SMILES string of the molecule is O=C(O)CCCCCCCCCCCCCCC(OCC(O)CO)OCC(O)CO. The number of aliphatic hydroxyl groups excluding tert-OH is 4. The highest BCUT2D eigenvalue weighted by Gasteiger charge is 2.14. The summed E-state index contributed by atoms with van der Waals surface area (Å²) in [4.78, 5) is 10.4. The van der Waals surface area contributed by atoms with Gasteiger partial charge in [-0.1, -0.05) is 64.2 Å². The van der Waals surface area contributed by atoms with Crippen LogP contribution in [0.4, 0.5) is 0 Å². The first kappa shape index (κ1) is 29.2. The molecule has 0 spiro atoms. The predicted octanol–water partition coefficient (Wildman–Crippen LogP) is 2.60. The number of hydrogen-bond acceptors (Lipinski definition) is 7. The summed E-state index contributed by atoms with van der Waals surface area (Å²) in [6.07, 6.45) is 11.8. The van der Waals surface area contributed by atoms with Crippen LogP contribution in [0.5, 0.6) is 0 Å². The second-order valence-electron chi connectivity index (χ2n) is 7.94. The first-order chi connectivity index (χ1) is 14.5. The van der Waals surface area contributed by atoms with Gasteiger partial charge >= 0.3 is 5.97 Å². The van der Waals surface area contributed by atoms with Gasteiger partial charge in [-0.2, -0.15) is 0 Å². The van der Waals surface area contributed by atoms with Gasteiger partial charge in [0.25, 0.3) is 0 Å². The van der Waals surface area contributed by atoms with Crippen LogP contribution in [0.25, 0.3) is 0 Å². The molecule has 0 aliphatic carbocycles. The summed E-state index contributed by atoms with van der Waals surface area (Å²) < 4.78 is 10.9. The molecule has 0 amide bonds. The molecule has 2 unspecified atom stereocenters. The van der Waals surface area contributed by atoms with Crippen LogP contribution in [0.2, 0.25) is 0 Å². The van der Waals surface area contributed by atoms with Gasteiger partial charge in [0.1, 0.15) is 12.2 Å². The van der Waals surface area contributed by atoms with Crippen molar-refractivity contribution in [2.24, 2.45) is 0 Å². The molecule has 0 rings (SSSR count). The highest BCUT2D eigenvalue weighted by atomic mass is 16.7. The number of unbranched alkanes of at least 4 members (excludes halogenated alkanes) is 11. The van der Waals surface area contributed by atoms with E-state index in [0.29, 0.717) is 6.42 Å². The van der Waals surface area contributed by atoms with Gasteiger partial charge in [-0.25, -0.2) is 0 Å². The van der Waals surface area contributed by atoms with Crippen LogP contribution in [-0.2, 0) is 14.3 Å². The Kier molecular flexibility index (Phi) is 20.9. The zero-order chi connectivity index (χ0) is 22.5. The van der Waals surface area contributed by atoms with Crippen molar-refractivity contribution in [1.82, 2.24) is 0 Å². The number of ether oxygens (including phenoxy) is 2. The first-order valence-corrected chi connectivity index (χ1v) is 11.5. The molecule has 2 atom stereocenters. The summed E-state index contributed by atoms with van der Waals surface area (Å²) in [6, 6.07) is 0. The summed E-state index contributed by atoms with van der Waals surface area (Å²) in [5, 5.41) is 45.1. The lowest BCUT2D eigenvalue weighted by Gasteiger charge is -2.21. The van der Waals surface area contributed by atoms with Crippen molar-refractivity contribution in [3.63, 3.8) is 0 Å². The number of carbonyl (C=O) groups is 1. The molecule has 8 heteroatoms. The largest absolute Gasteiger partial charge is 0.481 e. The Hall–Kier alpha value is -0.770. The van der Waals surface area contributed by atoms with E-state index in [1.54, 1.807) is 0 Å². The maximum Gasteiger partial charge on any atom is 0.303 e. The lowest BCUT2D eigenvalue weighted by Crippen LogP contribution is -2.29. The molecule has 180 valence electrons. The number of carboxylic acid groups (broad SMARTS) is 1. The highest BCUT2D eigenvalue weighted by molar-refractivity contribution is 5.66. The Bertz CT molecular complexity index is 366. The molecule has 0 saturated heterocycles. The Morgan fingerprint density at radius 1 is 0.633 bits per heavy atom. The molecule has 5 N–H and O–H groups in total. The van der Waals surface area contributed by atoms with Crippen LogP contribution >= 0.6 is 0 Å². The van der Waals surface area contributed by atoms with E-state index in [4.69, 9.17) is 24.8 Å². The third-order valence-electron chi connectivity index (χ3n) is 4.95. The number of aliphatic hydroxyl groups is 4. The number of aliphatic carboxylic acids is 1. The van der Waals surface area contributed by atoms with Gasteiger partial charge in [0.05, 0.1) is 26.4 Å². The molecule has 0 saturated carbocycles. The minimum atomic E-state index is -0.955. The van der Waals surface area contributed by atoms with Crippen molar-refractivity contribution >= 4 is 5.97 Å². The van der Waals surface area contributed by atoms with Crippen molar-refractivity contribution in [2.75, 3.05) is 26.4 Å². The van der Waals surface area contributed by atoms with Gasteiger partial charge in [-0.15, -0.1) is 0 Å². The van der Waals surface area contributed by atoms with E-state index in [-0.39, 0.29) is 32.8 Å². The molecule has 0 heterocycles. The van der Waals surface area contributed by atoms with Crippen LogP contribution in [0.15, 0.2) is 0 Å². The third kappa shape index (κ3) is 20.5. The van der Waals surface area contributed by atoms with E-state index in [1.807, 2.05) is 0 Å². The summed E-state index contributed by atoms with van der Waals surface area (Å²) in [7, 11) is 0. The van der Waals surface area contributed by atoms with Crippen molar-refractivity contribution in [3.05, 3.63) is 0 Å². The van der Waals surface area contributed by atoms with Gasteiger partial charge in [0.15, 0.2) is 6.29 Å². The van der Waals surface area contributed by atoms with Crippen LogP contribution in [0, 0.1) is 0 Å². The maximum absolute atomic E-state index is 10.4. The Labute approximate surface area is 181 Å². The molecule has 0 aromatic heterocycles. The van der Waals surface area contributed by atoms with Gasteiger partial charge in [-0.05, 0) is 19.3 Å². The van der Waals surface area contributed by atoms with E-state index < -0.39 is 24.5 Å². The molecule has 0 aromatic carbocycles. The fraction of sp³-hybridized carbons (Fsp3) is 0.955. The Balaban J connectivity index is 3.60. The molecule has 0 radical (unpaired) electrons. The standard InChI is InChI=1S/C22H44O8/c23-15-19(25)17-29-22(30-18-20(26)16-24)14-12-10-8-6-4-2-1-3-5-7-9-11-13-21(27)28/h19-20,22-26H,1-18H2,(H,27,28). The monoisotopic (exact) mass is 436 g/mol. The van der Waals surface area contributed by atoms with Crippen LogP contribution in [-0.4, -0.2) is 76.4 Å². The topological polar surface area (TPSA) is 137 Å². The summed E-state index contributed by atoms with van der Waals surface area (Å²) in [5.74, 6) is -0.702. The average molecular weight is 437 g/mol. The zero-order valence-corrected chi connectivity index (χ0v) is 18.4. The van der Waals surface area contributed by atoms with Crippen LogP contribution in [0.1, 0.15) is 89.9 Å². The van der Waals surface area contributed by atoms with Crippen molar-refractivity contribution in [3.8, 4) is 0 Å². The Morgan fingerprint density at radius 2 is 1.00 bits per heavy atom. The summed E-state index contributed by atoms with van der Waals surface area (Å²) in [5.41, 5.74) is 0. The zero-order valence-electron chi connectivity index (χ0n) is 18.4. The predicted molar refractivity (Wildman–Crippen MR) is 114 cm³/mol. The highest BCUT2D eigenvalue weighted by Crippen LogP contribution is 2.15. The van der Waals surface area contributed by atoms with Crippen molar-refractivity contribution < 1.29 is 39.8 Å². The average Bonchev–Trinajstić information content (AvgIpc) is 2.74. The molecule has 0 fully saturated rings. The van der Waals surface area contributed by atoms with Gasteiger partial charge in [0.2, 0.25) is 0 Å². The summed E-state index contributed by atoms with van der Waals surface area (Å²) in [6.45, 7) is -0.820. The molecular weight excluding hydrogens is 392 g/mol. The van der Waals surface area contributed by atoms with E-state index >= 15 is 0 Å². The molecule has 30 heavy (non-hydrogen) atoms.